The van der Waals surface area contributed by atoms with E-state index in [1.165, 1.54) is 24.2 Å². The molecule has 1 aliphatic rings. The number of hydrogen-bond donors (Lipinski definition) is 2. The molecule has 0 amide bonds. The van der Waals surface area contributed by atoms with E-state index in [4.69, 9.17) is 0 Å². The lowest BCUT2D eigenvalue weighted by atomic mass is 10.4. The molecule has 128 valence electrons. The highest BCUT2D eigenvalue weighted by Crippen LogP contribution is 1.97. The molecule has 0 unspecified atom stereocenters. The first-order chi connectivity index (χ1) is 10.7. The van der Waals surface area contributed by atoms with E-state index < -0.39 is 0 Å². The lowest BCUT2D eigenvalue weighted by Crippen LogP contribution is -2.47. The molecule has 0 bridgehead atoms. The van der Waals surface area contributed by atoms with Crippen LogP contribution >= 0.6 is 0 Å². The van der Waals surface area contributed by atoms with Crippen molar-refractivity contribution in [1.82, 2.24) is 20.7 Å². The van der Waals surface area contributed by atoms with Crippen LogP contribution in [0.2, 0.25) is 0 Å². The summed E-state index contributed by atoms with van der Waals surface area (Å²) in [6.07, 6.45) is 0. The molecule has 0 aromatic carbocycles. The molecule has 2 N–H and O–H groups in total. The second-order valence-electron chi connectivity index (χ2n) is 4.44. The Morgan fingerprint density at radius 2 is 1.18 bits per heavy atom. The van der Waals surface area contributed by atoms with Crippen LogP contribution in [-0.2, 0) is 9.68 Å². The van der Waals surface area contributed by atoms with Crippen molar-refractivity contribution in [2.45, 2.75) is 0 Å². The Balaban J connectivity index is 2.72. The minimum absolute atomic E-state index is 0.288. The van der Waals surface area contributed by atoms with Gasteiger partial charge in [0.25, 0.3) is 0 Å². The van der Waals surface area contributed by atoms with Crippen molar-refractivity contribution >= 4 is 0 Å². The van der Waals surface area contributed by atoms with Gasteiger partial charge in [-0.05, 0) is 0 Å². The van der Waals surface area contributed by atoms with Crippen LogP contribution in [0.5, 0.6) is 0 Å². The van der Waals surface area contributed by atoms with Crippen LogP contribution in [0.25, 0.3) is 0 Å². The first-order valence-corrected chi connectivity index (χ1v) is 7.03. The summed E-state index contributed by atoms with van der Waals surface area (Å²) in [5, 5.41) is 39.5. The van der Waals surface area contributed by atoms with E-state index in [9.17, 15) is 10.4 Å². The molecule has 1 saturated heterocycles. The largest absolute Gasteiger partial charge is 0.569 e. The van der Waals surface area contributed by atoms with Gasteiger partial charge in [-0.25, -0.2) is 0 Å². The predicted molar refractivity (Wildman–Crippen MR) is 75.0 cm³/mol. The monoisotopic (exact) mass is 320 g/mol. The van der Waals surface area contributed by atoms with E-state index in [1.807, 2.05) is 0 Å². The van der Waals surface area contributed by atoms with Gasteiger partial charge in [-0.2, -0.15) is 0 Å². The first-order valence-electron chi connectivity index (χ1n) is 7.03. The molecule has 12 heteroatoms. The van der Waals surface area contributed by atoms with Crippen molar-refractivity contribution in [3.63, 3.8) is 0 Å². The van der Waals surface area contributed by atoms with Gasteiger partial charge in [0.05, 0.1) is 23.0 Å². The first kappa shape index (κ1) is 18.0. The smallest absolute Gasteiger partial charge is 0.232 e. The lowest BCUT2D eigenvalue weighted by Gasteiger charge is -2.23. The van der Waals surface area contributed by atoms with Crippen LogP contribution in [0.15, 0.2) is 10.6 Å². The van der Waals surface area contributed by atoms with Gasteiger partial charge in [0.15, 0.2) is 0 Å². The summed E-state index contributed by atoms with van der Waals surface area (Å²) in [5.74, 6) is 0. The van der Waals surface area contributed by atoms with Crippen LogP contribution in [0.4, 0.5) is 0 Å². The summed E-state index contributed by atoms with van der Waals surface area (Å²) in [7, 11) is 2.60. The normalized spacial score (nSPS) is 20.1. The molecule has 0 atom stereocenters. The Morgan fingerprint density at radius 3 is 1.55 bits per heavy atom. The van der Waals surface area contributed by atoms with Gasteiger partial charge in [-0.3, -0.25) is 0 Å². The Morgan fingerprint density at radius 1 is 0.773 bits per heavy atom. The van der Waals surface area contributed by atoms with E-state index in [2.05, 4.69) is 30.9 Å². The zero-order valence-corrected chi connectivity index (χ0v) is 13.0. The molecule has 1 rings (SSSR count). The quantitative estimate of drug-likeness (QED) is 0.370. The van der Waals surface area contributed by atoms with Crippen LogP contribution in [0, 0.1) is 10.4 Å². The third-order valence-electron chi connectivity index (χ3n) is 2.98. The van der Waals surface area contributed by atoms with Gasteiger partial charge in [0.2, 0.25) is 10.6 Å². The van der Waals surface area contributed by atoms with Crippen molar-refractivity contribution in [3.8, 4) is 0 Å². The average molecular weight is 320 g/mol. The van der Waals surface area contributed by atoms with Gasteiger partial charge in [0, 0.05) is 26.2 Å². The molecule has 0 aromatic heterocycles. The summed E-state index contributed by atoms with van der Waals surface area (Å²) in [6.45, 7) is 4.20. The maximum absolute atomic E-state index is 11.8. The maximum atomic E-state index is 11.8. The van der Waals surface area contributed by atoms with E-state index in [0.29, 0.717) is 36.1 Å². The summed E-state index contributed by atoms with van der Waals surface area (Å²) >= 11 is 0. The van der Waals surface area contributed by atoms with E-state index in [1.54, 1.807) is 0 Å². The molecule has 12 nitrogen and oxygen atoms in total. The van der Waals surface area contributed by atoms with Crippen molar-refractivity contribution < 1.29 is 19.6 Å². The van der Waals surface area contributed by atoms with E-state index in [0.717, 1.165) is 13.1 Å². The zero-order chi connectivity index (χ0) is 16.2. The highest BCUT2D eigenvalue weighted by Gasteiger charge is 2.20. The number of hydrazine groups is 2. The van der Waals surface area contributed by atoms with Crippen molar-refractivity contribution in [3.05, 3.63) is 10.4 Å². The SMILES string of the molecule is CO/N=[N+](\[O-])N1CCNCCNCCN(/[N+]([O-])=N/OC)CC1. The standard InChI is InChI=1S/C10H24N8O4/c1-21-13-17(19)15-7-5-11-3-4-12-6-8-16(10-9-15)18(20)14-22-2/h11-12H,3-10H2,1-2H3/b17-13-,18-14-. The predicted octanol–water partition coefficient (Wildman–Crippen LogP) is -1.34. The van der Waals surface area contributed by atoms with Crippen LogP contribution in [0.3, 0.4) is 0 Å². The van der Waals surface area contributed by atoms with Crippen LogP contribution in [-0.4, -0.2) is 86.5 Å². The molecule has 1 aliphatic heterocycles. The van der Waals surface area contributed by atoms with Crippen molar-refractivity contribution in [1.29, 1.82) is 0 Å². The fraction of sp³-hybridized carbons (Fsp3) is 1.00. The topological polar surface area (TPSA) is 126 Å². The average Bonchev–Trinajstić information content (AvgIpc) is 2.48. The third-order valence-corrected chi connectivity index (χ3v) is 2.98. The van der Waals surface area contributed by atoms with Gasteiger partial charge < -0.3 is 30.7 Å². The maximum Gasteiger partial charge on any atom is 0.232 e. The highest BCUT2D eigenvalue weighted by molar-refractivity contribution is 4.59. The van der Waals surface area contributed by atoms with Gasteiger partial charge >= 0.3 is 0 Å². The molecule has 0 spiro atoms. The fourth-order valence-electron chi connectivity index (χ4n) is 1.88. The minimum Gasteiger partial charge on any atom is -0.569 e. The Labute approximate surface area is 129 Å². The Bertz CT molecular complexity index is 333. The molecule has 1 fully saturated rings. The van der Waals surface area contributed by atoms with Crippen molar-refractivity contribution in [2.75, 3.05) is 66.6 Å². The van der Waals surface area contributed by atoms with Gasteiger partial charge in [-0.15, -0.1) is 10.0 Å². The molecule has 0 radical (unpaired) electrons. The zero-order valence-electron chi connectivity index (χ0n) is 13.0. The summed E-state index contributed by atoms with van der Waals surface area (Å²) in [6, 6.07) is 0. The second kappa shape index (κ2) is 10.6. The Hall–Kier alpha value is -2.08. The van der Waals surface area contributed by atoms with Crippen LogP contribution < -0.4 is 10.6 Å². The summed E-state index contributed by atoms with van der Waals surface area (Å²) in [4.78, 5) is 9.73. The number of nitrogens with zero attached hydrogens (tertiary/aromatic N) is 6. The minimum atomic E-state index is 0.288. The number of hydrogen-bond acceptors (Lipinski definition) is 8. The summed E-state index contributed by atoms with van der Waals surface area (Å²) in [5.41, 5.74) is 0. The summed E-state index contributed by atoms with van der Waals surface area (Å²) < 4.78 is 0. The third kappa shape index (κ3) is 6.58. The number of nitrogens with one attached hydrogen (secondary N) is 2. The van der Waals surface area contributed by atoms with E-state index in [-0.39, 0.29) is 13.1 Å². The van der Waals surface area contributed by atoms with Crippen LogP contribution in [0.1, 0.15) is 0 Å². The molecular weight excluding hydrogens is 296 g/mol. The molecule has 0 saturated carbocycles. The van der Waals surface area contributed by atoms with Gasteiger partial charge in [-0.1, -0.05) is 0 Å². The molecule has 0 aliphatic carbocycles. The Kier molecular flexibility index (Phi) is 8.67. The number of rotatable bonds is 4. The highest BCUT2D eigenvalue weighted by atomic mass is 16.7. The fourth-order valence-corrected chi connectivity index (χ4v) is 1.88. The van der Waals surface area contributed by atoms with E-state index >= 15 is 0 Å². The van der Waals surface area contributed by atoms with Crippen molar-refractivity contribution in [2.24, 2.45) is 10.6 Å². The molecule has 0 aromatic rings. The second-order valence-corrected chi connectivity index (χ2v) is 4.44. The molecular formula is C10H24N8O4. The lowest BCUT2D eigenvalue weighted by molar-refractivity contribution is -0.725. The molecule has 22 heavy (non-hydrogen) atoms. The molecule has 1 heterocycles. The van der Waals surface area contributed by atoms with Gasteiger partial charge in [0.1, 0.15) is 27.3 Å².